The van der Waals surface area contributed by atoms with Crippen LogP contribution in [-0.4, -0.2) is 13.0 Å². The molecular weight excluding hydrogens is 240 g/mol. The summed E-state index contributed by atoms with van der Waals surface area (Å²) in [5.74, 6) is 0.557. The molecule has 0 bridgehead atoms. The maximum Gasteiger partial charge on any atom is 0.230 e. The lowest BCUT2D eigenvalue weighted by atomic mass is 9.88. The van der Waals surface area contributed by atoms with Crippen molar-refractivity contribution < 1.29 is 9.53 Å². The summed E-state index contributed by atoms with van der Waals surface area (Å²) < 4.78 is 5.22. The van der Waals surface area contributed by atoms with E-state index in [0.29, 0.717) is 17.0 Å². The topological polar surface area (TPSA) is 62.1 Å². The molecule has 0 unspecified atom stereocenters. The Morgan fingerprint density at radius 3 is 2.68 bits per heavy atom. The lowest BCUT2D eigenvalue weighted by Gasteiger charge is -2.23. The zero-order valence-electron chi connectivity index (χ0n) is 11.3. The number of methoxy groups -OCH3 is 1. The highest BCUT2D eigenvalue weighted by Gasteiger charge is 2.36. The first-order valence-electron chi connectivity index (χ1n) is 6.49. The molecule has 1 aliphatic rings. The van der Waals surface area contributed by atoms with Crippen LogP contribution in [0.5, 0.6) is 5.75 Å². The van der Waals surface area contributed by atoms with Gasteiger partial charge in [0, 0.05) is 11.5 Å². The van der Waals surface area contributed by atoms with Gasteiger partial charge in [0.15, 0.2) is 0 Å². The summed E-state index contributed by atoms with van der Waals surface area (Å²) in [5.41, 5.74) is 0.861. The zero-order valence-corrected chi connectivity index (χ0v) is 11.3. The third-order valence-corrected chi connectivity index (χ3v) is 3.83. The smallest absolute Gasteiger partial charge is 0.230 e. The highest BCUT2D eigenvalue weighted by Crippen LogP contribution is 2.39. The van der Waals surface area contributed by atoms with Crippen molar-refractivity contribution in [2.45, 2.75) is 32.6 Å². The van der Waals surface area contributed by atoms with E-state index in [1.165, 1.54) is 7.11 Å². The highest BCUT2D eigenvalue weighted by atomic mass is 16.5. The van der Waals surface area contributed by atoms with Gasteiger partial charge in [-0.15, -0.1) is 0 Å². The molecule has 0 heterocycles. The Bertz CT molecular complexity index is 525. The number of nitriles is 1. The van der Waals surface area contributed by atoms with Crippen molar-refractivity contribution in [2.75, 3.05) is 12.4 Å². The molecule has 0 atom stereocenters. The van der Waals surface area contributed by atoms with E-state index in [1.807, 2.05) is 6.92 Å². The SMILES string of the molecule is COc1cc(C#N)ccc1NC(=O)C1(C)CCCC1. The van der Waals surface area contributed by atoms with Crippen molar-refractivity contribution in [3.05, 3.63) is 23.8 Å². The molecule has 2 rings (SSSR count). The van der Waals surface area contributed by atoms with Gasteiger partial charge in [0.25, 0.3) is 0 Å². The number of nitrogens with zero attached hydrogens (tertiary/aromatic N) is 1. The molecule has 0 radical (unpaired) electrons. The summed E-state index contributed by atoms with van der Waals surface area (Å²) in [7, 11) is 1.53. The Morgan fingerprint density at radius 1 is 1.42 bits per heavy atom. The van der Waals surface area contributed by atoms with Crippen molar-refractivity contribution in [2.24, 2.45) is 5.41 Å². The molecule has 1 N–H and O–H groups in total. The van der Waals surface area contributed by atoms with Gasteiger partial charge in [0.05, 0.1) is 24.4 Å². The van der Waals surface area contributed by atoms with Gasteiger partial charge in [0.1, 0.15) is 5.75 Å². The average molecular weight is 258 g/mol. The van der Waals surface area contributed by atoms with Crippen LogP contribution in [0.4, 0.5) is 5.69 Å². The highest BCUT2D eigenvalue weighted by molar-refractivity contribution is 5.96. The van der Waals surface area contributed by atoms with Crippen molar-refractivity contribution in [1.29, 1.82) is 5.26 Å². The second kappa shape index (κ2) is 5.31. The van der Waals surface area contributed by atoms with E-state index in [-0.39, 0.29) is 11.3 Å². The largest absolute Gasteiger partial charge is 0.495 e. The molecule has 1 saturated carbocycles. The van der Waals surface area contributed by atoms with Crippen LogP contribution in [0.1, 0.15) is 38.2 Å². The minimum Gasteiger partial charge on any atom is -0.495 e. The van der Waals surface area contributed by atoms with Gasteiger partial charge < -0.3 is 10.1 Å². The van der Waals surface area contributed by atoms with E-state index in [0.717, 1.165) is 25.7 Å². The maximum atomic E-state index is 12.3. The number of rotatable bonds is 3. The summed E-state index contributed by atoms with van der Waals surface area (Å²) >= 11 is 0. The number of amides is 1. The molecule has 1 amide bonds. The van der Waals surface area contributed by atoms with Crippen LogP contribution in [-0.2, 0) is 4.79 Å². The van der Waals surface area contributed by atoms with Gasteiger partial charge in [-0.2, -0.15) is 5.26 Å². The lowest BCUT2D eigenvalue weighted by Crippen LogP contribution is -2.30. The van der Waals surface area contributed by atoms with E-state index in [9.17, 15) is 4.79 Å². The molecular formula is C15H18N2O2. The van der Waals surface area contributed by atoms with Gasteiger partial charge in [0.2, 0.25) is 5.91 Å². The third kappa shape index (κ3) is 2.70. The molecule has 0 saturated heterocycles. The minimum absolute atomic E-state index is 0.0352. The number of ether oxygens (including phenoxy) is 1. The fraction of sp³-hybridized carbons (Fsp3) is 0.467. The van der Waals surface area contributed by atoms with Gasteiger partial charge in [-0.3, -0.25) is 4.79 Å². The second-order valence-corrected chi connectivity index (χ2v) is 5.25. The van der Waals surface area contributed by atoms with Crippen molar-refractivity contribution in [1.82, 2.24) is 0 Å². The first-order valence-corrected chi connectivity index (χ1v) is 6.49. The Kier molecular flexibility index (Phi) is 3.75. The first-order chi connectivity index (χ1) is 9.09. The van der Waals surface area contributed by atoms with E-state index in [1.54, 1.807) is 18.2 Å². The summed E-state index contributed by atoms with van der Waals surface area (Å²) in [6, 6.07) is 7.08. The number of hydrogen-bond donors (Lipinski definition) is 1. The van der Waals surface area contributed by atoms with Gasteiger partial charge >= 0.3 is 0 Å². The molecule has 19 heavy (non-hydrogen) atoms. The third-order valence-electron chi connectivity index (χ3n) is 3.83. The summed E-state index contributed by atoms with van der Waals surface area (Å²) in [6.45, 7) is 2.01. The Hall–Kier alpha value is -2.02. The number of carbonyl (C=O) groups excluding carboxylic acids is 1. The van der Waals surface area contributed by atoms with Crippen LogP contribution >= 0.6 is 0 Å². The number of benzene rings is 1. The van der Waals surface area contributed by atoms with Crippen LogP contribution in [0.15, 0.2) is 18.2 Å². The van der Waals surface area contributed by atoms with Crippen LogP contribution in [0.3, 0.4) is 0 Å². The zero-order chi connectivity index (χ0) is 13.9. The summed E-state index contributed by atoms with van der Waals surface area (Å²) in [6.07, 6.45) is 4.07. The molecule has 0 spiro atoms. The normalized spacial score (nSPS) is 16.7. The molecule has 0 aliphatic heterocycles. The van der Waals surface area contributed by atoms with E-state index in [4.69, 9.17) is 10.00 Å². The second-order valence-electron chi connectivity index (χ2n) is 5.25. The molecule has 4 nitrogen and oxygen atoms in total. The Morgan fingerprint density at radius 2 is 2.11 bits per heavy atom. The van der Waals surface area contributed by atoms with Crippen LogP contribution < -0.4 is 10.1 Å². The molecule has 4 heteroatoms. The molecule has 0 aromatic heterocycles. The van der Waals surface area contributed by atoms with Gasteiger partial charge in [-0.05, 0) is 25.0 Å². The fourth-order valence-corrected chi connectivity index (χ4v) is 2.52. The number of nitrogens with one attached hydrogen (secondary N) is 1. The summed E-state index contributed by atoms with van der Waals surface area (Å²) in [4.78, 5) is 12.3. The maximum absolute atomic E-state index is 12.3. The quantitative estimate of drug-likeness (QED) is 0.906. The van der Waals surface area contributed by atoms with Crippen LogP contribution in [0, 0.1) is 16.7 Å². The molecule has 100 valence electrons. The summed E-state index contributed by atoms with van der Waals surface area (Å²) in [5, 5.41) is 11.8. The minimum atomic E-state index is -0.279. The van der Waals surface area contributed by atoms with Gasteiger partial charge in [-0.1, -0.05) is 19.8 Å². The molecule has 1 aromatic carbocycles. The van der Waals surface area contributed by atoms with Crippen molar-refractivity contribution in [3.63, 3.8) is 0 Å². The number of hydrogen-bond acceptors (Lipinski definition) is 3. The molecule has 1 fully saturated rings. The number of anilines is 1. The molecule has 1 aromatic rings. The lowest BCUT2D eigenvalue weighted by molar-refractivity contribution is -0.124. The van der Waals surface area contributed by atoms with E-state index in [2.05, 4.69) is 11.4 Å². The molecule has 1 aliphatic carbocycles. The predicted octanol–water partition coefficient (Wildman–Crippen LogP) is 3.09. The Labute approximate surface area is 113 Å². The van der Waals surface area contributed by atoms with E-state index >= 15 is 0 Å². The first kappa shape index (κ1) is 13.4. The number of carbonyl (C=O) groups is 1. The van der Waals surface area contributed by atoms with Crippen LogP contribution in [0.25, 0.3) is 0 Å². The fourth-order valence-electron chi connectivity index (χ4n) is 2.52. The van der Waals surface area contributed by atoms with Gasteiger partial charge in [-0.25, -0.2) is 0 Å². The standard InChI is InChI=1S/C15H18N2O2/c1-15(7-3-4-8-15)14(18)17-12-6-5-11(10-16)9-13(12)19-2/h5-6,9H,3-4,7-8H2,1-2H3,(H,17,18). The monoisotopic (exact) mass is 258 g/mol. The van der Waals surface area contributed by atoms with Crippen molar-refractivity contribution in [3.8, 4) is 11.8 Å². The predicted molar refractivity (Wildman–Crippen MR) is 72.9 cm³/mol. The van der Waals surface area contributed by atoms with E-state index < -0.39 is 0 Å². The van der Waals surface area contributed by atoms with Crippen LogP contribution in [0.2, 0.25) is 0 Å². The Balaban J connectivity index is 2.19. The average Bonchev–Trinajstić information content (AvgIpc) is 2.87. The van der Waals surface area contributed by atoms with Crippen molar-refractivity contribution >= 4 is 11.6 Å².